The molecule has 0 amide bonds. The van der Waals surface area contributed by atoms with Crippen LogP contribution in [-0.2, 0) is 8.57 Å². The van der Waals surface area contributed by atoms with Crippen LogP contribution in [0.25, 0.3) is 11.6 Å². The fraction of sp³-hybridized carbons (Fsp3) is 0.368. The fourth-order valence-electron chi connectivity index (χ4n) is 3.37. The molecule has 0 bridgehead atoms. The highest BCUT2D eigenvalue weighted by atomic mass is 32.2. The fourth-order valence-corrected chi connectivity index (χ4v) is 3.63. The summed E-state index contributed by atoms with van der Waals surface area (Å²) in [7, 11) is 0. The normalized spacial score (nSPS) is 17.0. The molecule has 0 spiro atoms. The molecule has 1 saturated heterocycles. The molecular weight excluding hydrogens is 432 g/mol. The minimum absolute atomic E-state index is 0.267. The Bertz CT molecular complexity index is 1140. The van der Waals surface area contributed by atoms with Crippen LogP contribution in [0.3, 0.4) is 0 Å². The Morgan fingerprint density at radius 3 is 2.75 bits per heavy atom. The van der Waals surface area contributed by atoms with E-state index in [1.807, 2.05) is 18.3 Å². The number of nitrogens with one attached hydrogen (secondary N) is 1. The van der Waals surface area contributed by atoms with E-state index in [1.54, 1.807) is 12.4 Å². The SMILES string of the molecule is CCN(CC(C)C)c1ccc(N=C2C(CN3OSO3)=Nn3nc(-c4ncc[nH]4)nc32)nc1. The van der Waals surface area contributed by atoms with Gasteiger partial charge in [-0.15, -0.1) is 15.0 Å². The molecule has 13 heteroatoms. The van der Waals surface area contributed by atoms with E-state index in [0.29, 0.717) is 40.6 Å². The lowest BCUT2D eigenvalue weighted by atomic mass is 10.2. The van der Waals surface area contributed by atoms with E-state index in [0.717, 1.165) is 31.1 Å². The summed E-state index contributed by atoms with van der Waals surface area (Å²) in [6, 6.07) is 3.92. The van der Waals surface area contributed by atoms with Gasteiger partial charge in [-0.05, 0) is 30.2 Å². The zero-order chi connectivity index (χ0) is 22.1. The number of fused-ring (bicyclic) bond motifs is 1. The Hall–Kier alpha value is -3.13. The second kappa shape index (κ2) is 8.78. The molecule has 2 aliphatic heterocycles. The molecule has 0 atom stereocenters. The van der Waals surface area contributed by atoms with Crippen LogP contribution in [0.5, 0.6) is 0 Å². The number of H-pyrrole nitrogens is 1. The van der Waals surface area contributed by atoms with Gasteiger partial charge >= 0.3 is 0 Å². The summed E-state index contributed by atoms with van der Waals surface area (Å²) in [5, 5.41) is 10.2. The zero-order valence-electron chi connectivity index (χ0n) is 17.8. The van der Waals surface area contributed by atoms with Crippen LogP contribution in [0.15, 0.2) is 40.8 Å². The van der Waals surface area contributed by atoms with Gasteiger partial charge in [-0.2, -0.15) is 8.57 Å². The van der Waals surface area contributed by atoms with Crippen LogP contribution in [0, 0.1) is 5.92 Å². The van der Waals surface area contributed by atoms with E-state index < -0.39 is 0 Å². The Morgan fingerprint density at radius 2 is 2.12 bits per heavy atom. The van der Waals surface area contributed by atoms with Gasteiger partial charge in [-0.1, -0.05) is 13.8 Å². The van der Waals surface area contributed by atoms with E-state index in [-0.39, 0.29) is 6.54 Å². The van der Waals surface area contributed by atoms with E-state index in [2.05, 4.69) is 55.8 Å². The van der Waals surface area contributed by atoms with Gasteiger partial charge in [-0.25, -0.2) is 19.9 Å². The number of anilines is 1. The molecule has 5 heterocycles. The Labute approximate surface area is 188 Å². The highest BCUT2D eigenvalue weighted by Crippen LogP contribution is 2.26. The molecule has 0 radical (unpaired) electrons. The van der Waals surface area contributed by atoms with Gasteiger partial charge in [0.05, 0.1) is 11.9 Å². The molecule has 0 unspecified atom stereocenters. The van der Waals surface area contributed by atoms with Crippen molar-refractivity contribution in [3.63, 3.8) is 0 Å². The number of aromatic nitrogens is 6. The first-order valence-electron chi connectivity index (χ1n) is 10.2. The number of aromatic amines is 1. The number of hydrogen-bond donors (Lipinski definition) is 1. The summed E-state index contributed by atoms with van der Waals surface area (Å²) in [5.41, 5.74) is 2.22. The van der Waals surface area contributed by atoms with Crippen molar-refractivity contribution in [1.82, 2.24) is 35.1 Å². The third-order valence-corrected chi connectivity index (χ3v) is 5.25. The molecule has 5 rings (SSSR count). The van der Waals surface area contributed by atoms with Crippen molar-refractivity contribution < 1.29 is 8.57 Å². The zero-order valence-corrected chi connectivity index (χ0v) is 18.7. The molecule has 3 aromatic rings. The van der Waals surface area contributed by atoms with Crippen LogP contribution >= 0.6 is 12.3 Å². The van der Waals surface area contributed by atoms with E-state index >= 15 is 0 Å². The van der Waals surface area contributed by atoms with Crippen LogP contribution in [-0.4, -0.2) is 66.1 Å². The van der Waals surface area contributed by atoms with Crippen LogP contribution < -0.4 is 4.90 Å². The molecule has 1 N–H and O–H groups in total. The van der Waals surface area contributed by atoms with Gasteiger partial charge in [0.2, 0.25) is 24.0 Å². The summed E-state index contributed by atoms with van der Waals surface area (Å²) < 4.78 is 10.3. The summed E-state index contributed by atoms with van der Waals surface area (Å²) in [4.78, 5) is 24.8. The number of aliphatic imine (C=N–C) groups is 1. The van der Waals surface area contributed by atoms with E-state index in [1.165, 1.54) is 10.0 Å². The van der Waals surface area contributed by atoms with Crippen LogP contribution in [0.2, 0.25) is 0 Å². The third-order valence-electron chi connectivity index (χ3n) is 4.80. The van der Waals surface area contributed by atoms with Gasteiger partial charge in [0.25, 0.3) is 0 Å². The van der Waals surface area contributed by atoms with E-state index in [4.69, 9.17) is 13.6 Å². The first-order chi connectivity index (χ1) is 15.6. The Balaban J connectivity index is 1.45. The lowest BCUT2D eigenvalue weighted by Gasteiger charge is -2.24. The number of hydroxylamine groups is 2. The van der Waals surface area contributed by atoms with Crippen molar-refractivity contribution in [1.29, 1.82) is 0 Å². The molecule has 0 saturated carbocycles. The molecule has 1 fully saturated rings. The minimum atomic E-state index is 0.267. The second-order valence-electron chi connectivity index (χ2n) is 7.61. The van der Waals surface area contributed by atoms with E-state index in [9.17, 15) is 0 Å². The maximum atomic E-state index is 5.14. The third kappa shape index (κ3) is 4.14. The maximum Gasteiger partial charge on any atom is 0.219 e. The average Bonchev–Trinajstić information content (AvgIpc) is 3.47. The topological polar surface area (TPSA) is 122 Å². The maximum absolute atomic E-state index is 5.14. The lowest BCUT2D eigenvalue weighted by Crippen LogP contribution is -2.35. The van der Waals surface area contributed by atoms with Gasteiger partial charge in [0.1, 0.15) is 18.0 Å². The average molecular weight is 455 g/mol. The highest BCUT2D eigenvalue weighted by molar-refractivity contribution is 7.90. The monoisotopic (exact) mass is 454 g/mol. The summed E-state index contributed by atoms with van der Waals surface area (Å²) in [6.45, 7) is 8.69. The van der Waals surface area contributed by atoms with Crippen LogP contribution in [0.1, 0.15) is 26.6 Å². The largest absolute Gasteiger partial charge is 0.370 e. The highest BCUT2D eigenvalue weighted by Gasteiger charge is 2.32. The summed E-state index contributed by atoms with van der Waals surface area (Å²) in [5.74, 6) is 2.60. The summed E-state index contributed by atoms with van der Waals surface area (Å²) >= 11 is 0.894. The summed E-state index contributed by atoms with van der Waals surface area (Å²) in [6.07, 6.45) is 5.20. The molecule has 12 nitrogen and oxygen atoms in total. The minimum Gasteiger partial charge on any atom is -0.370 e. The first kappa shape index (κ1) is 20.8. The number of imidazole rings is 1. The molecule has 2 aliphatic rings. The van der Waals surface area contributed by atoms with Gasteiger partial charge in [0, 0.05) is 25.5 Å². The molecular formula is C19H22N10O2S. The number of rotatable bonds is 8. The number of pyridine rings is 1. The number of nitrogens with zero attached hydrogens (tertiary/aromatic N) is 9. The smallest absolute Gasteiger partial charge is 0.219 e. The number of hydrogen-bond acceptors (Lipinski definition) is 11. The molecule has 3 aromatic heterocycles. The standard InChI is InChI=1S/C19H22N10O2S/c1-4-27(10-12(2)3)13-5-6-15(22-9-13)23-16-14(11-28-30-32-31-28)25-29-19(16)24-18(26-29)17-20-7-8-21-17/h5-9,12H,4,10-11H2,1-3H3,(H,20,21). The van der Waals surface area contributed by atoms with Crippen molar-refractivity contribution in [2.45, 2.75) is 20.8 Å². The van der Waals surface area contributed by atoms with Gasteiger partial charge in [-0.3, -0.25) is 0 Å². The van der Waals surface area contributed by atoms with Gasteiger partial charge in [0.15, 0.2) is 11.6 Å². The Kier molecular flexibility index (Phi) is 5.70. The van der Waals surface area contributed by atoms with Crippen LogP contribution in [0.4, 0.5) is 11.5 Å². The van der Waals surface area contributed by atoms with Crippen molar-refractivity contribution in [3.05, 3.63) is 36.5 Å². The van der Waals surface area contributed by atoms with Crippen molar-refractivity contribution >= 4 is 35.3 Å². The molecule has 32 heavy (non-hydrogen) atoms. The lowest BCUT2D eigenvalue weighted by molar-refractivity contribution is -0.291. The molecule has 166 valence electrons. The predicted molar refractivity (Wildman–Crippen MR) is 120 cm³/mol. The molecule has 0 aromatic carbocycles. The predicted octanol–water partition coefficient (Wildman–Crippen LogP) is 2.63. The van der Waals surface area contributed by atoms with Crippen molar-refractivity contribution in [3.8, 4) is 11.6 Å². The first-order valence-corrected chi connectivity index (χ1v) is 10.9. The van der Waals surface area contributed by atoms with Crippen molar-refractivity contribution in [2.75, 3.05) is 24.5 Å². The second-order valence-corrected chi connectivity index (χ2v) is 8.04. The van der Waals surface area contributed by atoms with Crippen molar-refractivity contribution in [2.24, 2.45) is 16.0 Å². The molecule has 0 aliphatic carbocycles. The Morgan fingerprint density at radius 1 is 1.25 bits per heavy atom. The quantitative estimate of drug-likeness (QED) is 0.512. The van der Waals surface area contributed by atoms with Gasteiger partial charge < -0.3 is 9.88 Å².